The fourth-order valence-corrected chi connectivity index (χ4v) is 4.36. The monoisotopic (exact) mass is 332 g/mol. The van der Waals surface area contributed by atoms with Crippen LogP contribution in [0.4, 0.5) is 0 Å². The standard InChI is InChI=1S/C19H28N2OS/c1-14(2)23-18-9-4-3-8-17(18)19(22)21(13-15-6-5-7-15)16-10-11-20-12-16/h3-4,8-9,14-16,20H,5-7,10-13H2,1-2H3. The van der Waals surface area contributed by atoms with Gasteiger partial charge in [0.05, 0.1) is 5.56 Å². The van der Waals surface area contributed by atoms with Gasteiger partial charge >= 0.3 is 0 Å². The Labute approximate surface area is 144 Å². The van der Waals surface area contributed by atoms with Gasteiger partial charge < -0.3 is 10.2 Å². The summed E-state index contributed by atoms with van der Waals surface area (Å²) in [7, 11) is 0. The lowest BCUT2D eigenvalue weighted by Gasteiger charge is -2.36. The Morgan fingerprint density at radius 1 is 1.30 bits per heavy atom. The summed E-state index contributed by atoms with van der Waals surface area (Å²) in [5.41, 5.74) is 0.887. The minimum atomic E-state index is 0.231. The summed E-state index contributed by atoms with van der Waals surface area (Å²) in [4.78, 5) is 16.6. The zero-order valence-corrected chi connectivity index (χ0v) is 15.1. The van der Waals surface area contributed by atoms with Gasteiger partial charge in [0.2, 0.25) is 0 Å². The van der Waals surface area contributed by atoms with Gasteiger partial charge in [-0.3, -0.25) is 4.79 Å². The van der Waals surface area contributed by atoms with Gasteiger partial charge in [-0.25, -0.2) is 0 Å². The quantitative estimate of drug-likeness (QED) is 0.805. The van der Waals surface area contributed by atoms with Crippen molar-refractivity contribution in [2.75, 3.05) is 19.6 Å². The molecule has 23 heavy (non-hydrogen) atoms. The molecule has 1 atom stereocenters. The molecule has 1 amide bonds. The highest BCUT2D eigenvalue weighted by atomic mass is 32.2. The molecule has 1 aromatic rings. The Bertz CT molecular complexity index is 536. The highest BCUT2D eigenvalue weighted by molar-refractivity contribution is 8.00. The van der Waals surface area contributed by atoms with Crippen molar-refractivity contribution >= 4 is 17.7 Å². The summed E-state index contributed by atoms with van der Waals surface area (Å²) in [6, 6.07) is 8.48. The molecule has 2 fully saturated rings. The molecule has 4 heteroatoms. The van der Waals surface area contributed by atoms with Crippen LogP contribution in [0.3, 0.4) is 0 Å². The molecule has 1 saturated carbocycles. The smallest absolute Gasteiger partial charge is 0.255 e. The van der Waals surface area contributed by atoms with E-state index in [1.807, 2.05) is 18.2 Å². The van der Waals surface area contributed by atoms with Crippen LogP contribution in [-0.2, 0) is 0 Å². The second-order valence-corrected chi connectivity index (χ2v) is 8.68. The van der Waals surface area contributed by atoms with Crippen molar-refractivity contribution < 1.29 is 4.79 Å². The first kappa shape index (κ1) is 16.8. The Hall–Kier alpha value is -1.00. The predicted octanol–water partition coefficient (Wildman–Crippen LogP) is 3.79. The zero-order valence-electron chi connectivity index (χ0n) is 14.3. The van der Waals surface area contributed by atoms with E-state index in [4.69, 9.17) is 0 Å². The Balaban J connectivity index is 1.81. The van der Waals surface area contributed by atoms with E-state index in [0.29, 0.717) is 17.2 Å². The molecule has 1 saturated heterocycles. The van der Waals surface area contributed by atoms with Crippen molar-refractivity contribution in [3.05, 3.63) is 29.8 Å². The fraction of sp³-hybridized carbons (Fsp3) is 0.632. The molecule has 1 aromatic carbocycles. The average molecular weight is 333 g/mol. The third-order valence-electron chi connectivity index (χ3n) is 4.90. The van der Waals surface area contributed by atoms with Crippen LogP contribution in [0.15, 0.2) is 29.2 Å². The molecule has 0 radical (unpaired) electrons. The predicted molar refractivity (Wildman–Crippen MR) is 97.1 cm³/mol. The van der Waals surface area contributed by atoms with Crippen molar-refractivity contribution in [3.8, 4) is 0 Å². The van der Waals surface area contributed by atoms with E-state index >= 15 is 0 Å². The van der Waals surface area contributed by atoms with Crippen molar-refractivity contribution in [2.45, 2.75) is 55.7 Å². The number of benzene rings is 1. The summed E-state index contributed by atoms with van der Waals surface area (Å²) in [6.45, 7) is 7.27. The summed E-state index contributed by atoms with van der Waals surface area (Å²) in [5, 5.41) is 3.90. The van der Waals surface area contributed by atoms with E-state index in [0.717, 1.165) is 36.5 Å². The van der Waals surface area contributed by atoms with Crippen LogP contribution in [0, 0.1) is 5.92 Å². The number of thioether (sulfide) groups is 1. The first-order chi connectivity index (χ1) is 11.1. The lowest BCUT2D eigenvalue weighted by molar-refractivity contribution is 0.0612. The normalized spacial score (nSPS) is 21.4. The molecule has 2 aliphatic rings. The van der Waals surface area contributed by atoms with Gasteiger partial charge in [-0.1, -0.05) is 32.4 Å². The van der Waals surface area contributed by atoms with Gasteiger partial charge in [-0.2, -0.15) is 0 Å². The number of rotatable bonds is 6. The van der Waals surface area contributed by atoms with Crippen molar-refractivity contribution in [1.29, 1.82) is 0 Å². The lowest BCUT2D eigenvalue weighted by atomic mass is 9.84. The minimum Gasteiger partial charge on any atom is -0.334 e. The maximum absolute atomic E-state index is 13.3. The number of carbonyl (C=O) groups excluding carboxylic acids is 1. The molecule has 1 N–H and O–H groups in total. The van der Waals surface area contributed by atoms with Crippen molar-refractivity contribution in [3.63, 3.8) is 0 Å². The number of amides is 1. The molecule has 1 heterocycles. The van der Waals surface area contributed by atoms with Gasteiger partial charge in [0, 0.05) is 29.3 Å². The molecule has 3 nitrogen and oxygen atoms in total. The zero-order chi connectivity index (χ0) is 16.2. The topological polar surface area (TPSA) is 32.3 Å². The second kappa shape index (κ2) is 7.71. The third kappa shape index (κ3) is 4.10. The molecule has 0 aromatic heterocycles. The number of carbonyl (C=O) groups is 1. The summed E-state index contributed by atoms with van der Waals surface area (Å²) < 4.78 is 0. The molecular weight excluding hydrogens is 304 g/mol. The molecule has 0 spiro atoms. The maximum Gasteiger partial charge on any atom is 0.255 e. The number of nitrogens with one attached hydrogen (secondary N) is 1. The van der Waals surface area contributed by atoms with E-state index in [1.165, 1.54) is 19.3 Å². The molecule has 3 rings (SSSR count). The van der Waals surface area contributed by atoms with Crippen LogP contribution in [-0.4, -0.2) is 41.7 Å². The third-order valence-corrected chi connectivity index (χ3v) is 5.98. The minimum absolute atomic E-state index is 0.231. The van der Waals surface area contributed by atoms with E-state index in [2.05, 4.69) is 30.1 Å². The fourth-order valence-electron chi connectivity index (χ4n) is 3.41. The van der Waals surface area contributed by atoms with Gasteiger partial charge in [0.15, 0.2) is 0 Å². The first-order valence-corrected chi connectivity index (χ1v) is 9.80. The SMILES string of the molecule is CC(C)Sc1ccccc1C(=O)N(CC1CCC1)C1CCNC1. The van der Waals surface area contributed by atoms with Gasteiger partial charge in [-0.05, 0) is 43.9 Å². The van der Waals surface area contributed by atoms with Gasteiger partial charge in [0.25, 0.3) is 5.91 Å². The molecular formula is C19H28N2OS. The van der Waals surface area contributed by atoms with Crippen molar-refractivity contribution in [2.24, 2.45) is 5.92 Å². The van der Waals surface area contributed by atoms with E-state index in [1.54, 1.807) is 11.8 Å². The highest BCUT2D eigenvalue weighted by Gasteiger charge is 2.32. The lowest BCUT2D eigenvalue weighted by Crippen LogP contribution is -2.45. The number of nitrogens with zero attached hydrogens (tertiary/aromatic N) is 1. The molecule has 0 bridgehead atoms. The van der Waals surface area contributed by atoms with Crippen LogP contribution < -0.4 is 5.32 Å². The molecule has 1 unspecified atom stereocenters. The summed E-state index contributed by atoms with van der Waals surface area (Å²) in [5.74, 6) is 0.943. The first-order valence-electron chi connectivity index (χ1n) is 8.92. The molecule has 1 aliphatic heterocycles. The average Bonchev–Trinajstić information content (AvgIpc) is 2.99. The van der Waals surface area contributed by atoms with Crippen LogP contribution in [0.5, 0.6) is 0 Å². The van der Waals surface area contributed by atoms with Gasteiger partial charge in [-0.15, -0.1) is 11.8 Å². The highest BCUT2D eigenvalue weighted by Crippen LogP contribution is 2.31. The number of hydrogen-bond acceptors (Lipinski definition) is 3. The largest absolute Gasteiger partial charge is 0.334 e. The maximum atomic E-state index is 13.3. The van der Waals surface area contributed by atoms with E-state index in [-0.39, 0.29) is 5.91 Å². The van der Waals surface area contributed by atoms with Crippen LogP contribution >= 0.6 is 11.8 Å². The summed E-state index contributed by atoms with van der Waals surface area (Å²) >= 11 is 1.79. The Morgan fingerprint density at radius 2 is 2.09 bits per heavy atom. The molecule has 126 valence electrons. The molecule has 1 aliphatic carbocycles. The van der Waals surface area contributed by atoms with Gasteiger partial charge in [0.1, 0.15) is 0 Å². The van der Waals surface area contributed by atoms with Crippen LogP contribution in [0.25, 0.3) is 0 Å². The summed E-state index contributed by atoms with van der Waals surface area (Å²) in [6.07, 6.45) is 4.98. The van der Waals surface area contributed by atoms with Crippen LogP contribution in [0.2, 0.25) is 0 Å². The second-order valence-electron chi connectivity index (χ2n) is 7.06. The Kier molecular flexibility index (Phi) is 5.65. The van der Waals surface area contributed by atoms with Crippen molar-refractivity contribution in [1.82, 2.24) is 10.2 Å². The van der Waals surface area contributed by atoms with E-state index < -0.39 is 0 Å². The van der Waals surface area contributed by atoms with E-state index in [9.17, 15) is 4.79 Å². The number of hydrogen-bond donors (Lipinski definition) is 1. The Morgan fingerprint density at radius 3 is 2.70 bits per heavy atom. The van der Waals surface area contributed by atoms with Crippen LogP contribution in [0.1, 0.15) is 49.9 Å².